The number of nitrogens with one attached hydrogen (secondary N) is 2. The quantitative estimate of drug-likeness (QED) is 0.437. The number of pyridine rings is 1. The van der Waals surface area contributed by atoms with Gasteiger partial charge in [0, 0.05) is 23.9 Å². The van der Waals surface area contributed by atoms with E-state index in [-0.39, 0.29) is 11.5 Å². The minimum Gasteiger partial charge on any atom is -0.322 e. The van der Waals surface area contributed by atoms with Crippen molar-refractivity contribution in [1.29, 1.82) is 0 Å². The van der Waals surface area contributed by atoms with Gasteiger partial charge in [-0.2, -0.15) is 0 Å². The molecule has 2 heterocycles. The Morgan fingerprint density at radius 1 is 0.879 bits per heavy atom. The fourth-order valence-electron chi connectivity index (χ4n) is 4.55. The Morgan fingerprint density at radius 2 is 1.67 bits per heavy atom. The van der Waals surface area contributed by atoms with Crippen LogP contribution < -0.4 is 10.9 Å². The minimum atomic E-state index is -0.162. The molecule has 0 bridgehead atoms. The van der Waals surface area contributed by atoms with Gasteiger partial charge in [0.2, 0.25) is 5.56 Å². The molecule has 166 valence electrons. The van der Waals surface area contributed by atoms with Gasteiger partial charge in [-0.25, -0.2) is 0 Å². The van der Waals surface area contributed by atoms with Crippen LogP contribution >= 0.6 is 0 Å². The first-order chi connectivity index (χ1) is 16.2. The summed E-state index contributed by atoms with van der Waals surface area (Å²) in [6.45, 7) is 3.03. The molecule has 0 aliphatic carbocycles. The van der Waals surface area contributed by atoms with E-state index in [2.05, 4.69) is 33.4 Å². The van der Waals surface area contributed by atoms with Crippen molar-refractivity contribution < 1.29 is 4.79 Å². The molecule has 0 saturated carbocycles. The Hall–Kier alpha value is -3.70. The normalized spacial score (nSPS) is 14.3. The number of piperidine rings is 1. The average molecular weight is 438 g/mol. The lowest BCUT2D eigenvalue weighted by Crippen LogP contribution is -2.29. The van der Waals surface area contributed by atoms with Crippen molar-refractivity contribution in [2.75, 3.05) is 18.4 Å². The van der Waals surface area contributed by atoms with Crippen molar-refractivity contribution in [3.05, 3.63) is 100 Å². The first-order valence-electron chi connectivity index (χ1n) is 11.5. The molecule has 1 aliphatic rings. The first-order valence-corrected chi connectivity index (χ1v) is 11.5. The van der Waals surface area contributed by atoms with Gasteiger partial charge >= 0.3 is 0 Å². The summed E-state index contributed by atoms with van der Waals surface area (Å²) in [5, 5.41) is 3.91. The average Bonchev–Trinajstić information content (AvgIpc) is 2.85. The number of amides is 1. The number of nitrogens with zero attached hydrogens (tertiary/aromatic N) is 1. The van der Waals surface area contributed by atoms with Crippen LogP contribution in [0.2, 0.25) is 0 Å². The summed E-state index contributed by atoms with van der Waals surface area (Å²) in [5.41, 5.74) is 5.31. The van der Waals surface area contributed by atoms with Crippen LogP contribution in [0, 0.1) is 0 Å². The molecule has 2 N–H and O–H groups in total. The lowest BCUT2D eigenvalue weighted by molar-refractivity contribution is 0.102. The summed E-state index contributed by atoms with van der Waals surface area (Å²) in [6, 6.07) is 25.1. The molecule has 5 heteroatoms. The smallest absolute Gasteiger partial charge is 0.255 e. The number of likely N-dealkylation sites (tertiary alicyclic amines) is 1. The van der Waals surface area contributed by atoms with Crippen molar-refractivity contribution in [1.82, 2.24) is 9.88 Å². The van der Waals surface area contributed by atoms with E-state index in [4.69, 9.17) is 0 Å². The van der Waals surface area contributed by atoms with Gasteiger partial charge in [-0.15, -0.1) is 0 Å². The van der Waals surface area contributed by atoms with Crippen LogP contribution in [0.1, 0.15) is 35.2 Å². The van der Waals surface area contributed by atoms with Gasteiger partial charge in [-0.3, -0.25) is 14.5 Å². The Labute approximate surface area is 193 Å². The lowest BCUT2D eigenvalue weighted by Gasteiger charge is -2.27. The maximum atomic E-state index is 13.1. The maximum Gasteiger partial charge on any atom is 0.255 e. The summed E-state index contributed by atoms with van der Waals surface area (Å²) in [7, 11) is 0. The summed E-state index contributed by atoms with van der Waals surface area (Å²) >= 11 is 0. The third kappa shape index (κ3) is 4.89. The molecule has 33 heavy (non-hydrogen) atoms. The monoisotopic (exact) mass is 437 g/mol. The second-order valence-corrected chi connectivity index (χ2v) is 8.65. The van der Waals surface area contributed by atoms with Crippen molar-refractivity contribution in [2.24, 2.45) is 0 Å². The molecule has 5 rings (SSSR count). The topological polar surface area (TPSA) is 65.2 Å². The minimum absolute atomic E-state index is 0.160. The number of rotatable bonds is 5. The number of carbonyl (C=O) groups excluding carboxylic acids is 1. The summed E-state index contributed by atoms with van der Waals surface area (Å²) in [5.74, 6) is -0.160. The predicted molar refractivity (Wildman–Crippen MR) is 134 cm³/mol. The fraction of sp³-hybridized carbons (Fsp3) is 0.214. The molecule has 0 atom stereocenters. The van der Waals surface area contributed by atoms with Gasteiger partial charge in [-0.05, 0) is 78.3 Å². The van der Waals surface area contributed by atoms with Crippen LogP contribution in [0.15, 0.2) is 83.7 Å². The molecule has 1 amide bonds. The highest BCUT2D eigenvalue weighted by molar-refractivity contribution is 6.05. The SMILES string of the molecule is O=C(Nc1ccc2ccc(=O)[nH]c2c1)c1ccc(-c2ccccc2)c(CN2CCCCC2)c1. The summed E-state index contributed by atoms with van der Waals surface area (Å²) in [6.07, 6.45) is 3.75. The standard InChI is InChI=1S/C28H27N3O2/c32-27-14-11-21-9-12-24(18-26(21)30-27)29-28(33)22-10-13-25(20-7-3-1-4-8-20)23(17-22)19-31-15-5-2-6-16-31/h1,3-4,7-14,17-18H,2,5-6,15-16,19H2,(H,29,33)(H,30,32). The first kappa shape index (κ1) is 21.2. The van der Waals surface area contributed by atoms with E-state index in [1.165, 1.54) is 36.5 Å². The van der Waals surface area contributed by atoms with Crippen molar-refractivity contribution >= 4 is 22.5 Å². The number of anilines is 1. The molecule has 0 radical (unpaired) electrons. The predicted octanol–water partition coefficient (Wildman–Crippen LogP) is 5.43. The van der Waals surface area contributed by atoms with Gasteiger partial charge in [0.25, 0.3) is 5.91 Å². The van der Waals surface area contributed by atoms with Gasteiger partial charge in [0.15, 0.2) is 0 Å². The van der Waals surface area contributed by atoms with Crippen LogP contribution in [0.5, 0.6) is 0 Å². The Bertz CT molecular complexity index is 1340. The number of hydrogen-bond donors (Lipinski definition) is 2. The fourth-order valence-corrected chi connectivity index (χ4v) is 4.55. The summed E-state index contributed by atoms with van der Waals surface area (Å²) in [4.78, 5) is 30.0. The Morgan fingerprint density at radius 3 is 2.48 bits per heavy atom. The number of benzene rings is 3. The molecule has 1 aromatic heterocycles. The van der Waals surface area contributed by atoms with Gasteiger partial charge < -0.3 is 10.3 Å². The van der Waals surface area contributed by atoms with Crippen LogP contribution in [0.3, 0.4) is 0 Å². The highest BCUT2D eigenvalue weighted by Gasteiger charge is 2.16. The van der Waals surface area contributed by atoms with E-state index < -0.39 is 0 Å². The number of hydrogen-bond acceptors (Lipinski definition) is 3. The highest BCUT2D eigenvalue weighted by atomic mass is 16.1. The third-order valence-electron chi connectivity index (χ3n) is 6.28. The molecule has 1 fully saturated rings. The zero-order valence-electron chi connectivity index (χ0n) is 18.5. The van der Waals surface area contributed by atoms with E-state index >= 15 is 0 Å². The largest absolute Gasteiger partial charge is 0.322 e. The highest BCUT2D eigenvalue weighted by Crippen LogP contribution is 2.27. The second kappa shape index (κ2) is 9.43. The molecule has 0 unspecified atom stereocenters. The lowest BCUT2D eigenvalue weighted by atomic mass is 9.96. The van der Waals surface area contributed by atoms with E-state index in [0.717, 1.165) is 30.6 Å². The molecule has 5 nitrogen and oxygen atoms in total. The van der Waals surface area contributed by atoms with Gasteiger partial charge in [0.1, 0.15) is 0 Å². The number of aromatic nitrogens is 1. The summed E-state index contributed by atoms with van der Waals surface area (Å²) < 4.78 is 0. The molecule has 3 aromatic carbocycles. The van der Waals surface area contributed by atoms with Crippen molar-refractivity contribution in [3.8, 4) is 11.1 Å². The number of carbonyl (C=O) groups is 1. The molecular formula is C28H27N3O2. The van der Waals surface area contributed by atoms with Gasteiger partial charge in [0.05, 0.1) is 5.52 Å². The van der Waals surface area contributed by atoms with E-state index in [1.54, 1.807) is 12.1 Å². The van der Waals surface area contributed by atoms with Crippen molar-refractivity contribution in [3.63, 3.8) is 0 Å². The molecule has 4 aromatic rings. The number of aromatic amines is 1. The zero-order valence-corrected chi connectivity index (χ0v) is 18.5. The van der Waals surface area contributed by atoms with Crippen LogP contribution in [-0.4, -0.2) is 28.9 Å². The molecule has 1 aliphatic heterocycles. The van der Waals surface area contributed by atoms with E-state index in [1.807, 2.05) is 42.5 Å². The second-order valence-electron chi connectivity index (χ2n) is 8.65. The van der Waals surface area contributed by atoms with Crippen LogP contribution in [0.25, 0.3) is 22.0 Å². The third-order valence-corrected chi connectivity index (χ3v) is 6.28. The van der Waals surface area contributed by atoms with Crippen molar-refractivity contribution in [2.45, 2.75) is 25.8 Å². The Kier molecular flexibility index (Phi) is 6.05. The van der Waals surface area contributed by atoms with Crippen LogP contribution in [-0.2, 0) is 6.54 Å². The van der Waals surface area contributed by atoms with Crippen LogP contribution in [0.4, 0.5) is 5.69 Å². The molecule has 1 saturated heterocycles. The molecule has 0 spiro atoms. The zero-order chi connectivity index (χ0) is 22.6. The Balaban J connectivity index is 1.44. The van der Waals surface area contributed by atoms with E-state index in [0.29, 0.717) is 16.8 Å². The number of H-pyrrole nitrogens is 1. The van der Waals surface area contributed by atoms with Gasteiger partial charge in [-0.1, -0.05) is 48.9 Å². The number of fused-ring (bicyclic) bond motifs is 1. The van der Waals surface area contributed by atoms with E-state index in [9.17, 15) is 9.59 Å². The maximum absolute atomic E-state index is 13.1. The molecular weight excluding hydrogens is 410 g/mol.